The maximum absolute atomic E-state index is 10.8. The Morgan fingerprint density at radius 2 is 1.77 bits per heavy atom. The molecule has 2 heterocycles. The Bertz CT molecular complexity index is 1300. The van der Waals surface area contributed by atoms with Crippen molar-refractivity contribution in [2.45, 2.75) is 52.2 Å². The number of aliphatic hydroxyl groups is 1. The van der Waals surface area contributed by atoms with Crippen molar-refractivity contribution in [3.05, 3.63) is 64.8 Å². The molecule has 4 aromatic rings. The lowest BCUT2D eigenvalue weighted by atomic mass is 9.98. The van der Waals surface area contributed by atoms with Crippen LogP contribution < -0.4 is 14.8 Å². The van der Waals surface area contributed by atoms with E-state index in [1.165, 1.54) is 4.88 Å². The molecule has 0 aliphatic heterocycles. The van der Waals surface area contributed by atoms with E-state index in [4.69, 9.17) is 9.47 Å². The third-order valence-electron chi connectivity index (χ3n) is 6.14. The molecule has 0 aliphatic carbocycles. The Morgan fingerprint density at radius 1 is 1.03 bits per heavy atom. The Hall–Kier alpha value is -3.16. The number of unbranched alkanes of at least 4 members (excludes halogenated alkanes) is 1. The largest absolute Gasteiger partial charge is 0.493 e. The first kappa shape index (κ1) is 24.9. The second-order valence-corrected chi connectivity index (χ2v) is 9.77. The lowest BCUT2D eigenvalue weighted by Gasteiger charge is -2.17. The van der Waals surface area contributed by atoms with E-state index >= 15 is 0 Å². The van der Waals surface area contributed by atoms with Gasteiger partial charge < -0.3 is 19.9 Å². The van der Waals surface area contributed by atoms with Gasteiger partial charge in [0.15, 0.2) is 11.5 Å². The quantitative estimate of drug-likeness (QED) is 0.247. The van der Waals surface area contributed by atoms with Crippen molar-refractivity contribution >= 4 is 28.1 Å². The summed E-state index contributed by atoms with van der Waals surface area (Å²) in [5.41, 5.74) is 2.89. The number of methoxy groups -OCH3 is 2. The van der Waals surface area contributed by atoms with Crippen LogP contribution in [0.3, 0.4) is 0 Å². The molecule has 2 aromatic heterocycles. The number of thiophene rings is 1. The smallest absolute Gasteiger partial charge is 0.162 e. The summed E-state index contributed by atoms with van der Waals surface area (Å²) >= 11 is 1.73. The average Bonchev–Trinajstić information content (AvgIpc) is 3.37. The molecule has 0 aliphatic rings. The molecule has 4 rings (SSSR count). The fourth-order valence-electron chi connectivity index (χ4n) is 4.25. The van der Waals surface area contributed by atoms with Crippen LogP contribution in [0.2, 0.25) is 0 Å². The zero-order valence-electron chi connectivity index (χ0n) is 21.0. The van der Waals surface area contributed by atoms with Gasteiger partial charge in [-0.2, -0.15) is 0 Å². The summed E-state index contributed by atoms with van der Waals surface area (Å²) in [5.74, 6) is 2.71. The Labute approximate surface area is 211 Å². The SMILES string of the molecule is CCCCC(O)c1ccccc1-c1ccc(C(C)Nc2nc(C)nc3cc(OC)c(OC)cc23)s1. The molecule has 0 radical (unpaired) electrons. The molecule has 0 amide bonds. The molecule has 2 unspecified atom stereocenters. The van der Waals surface area contributed by atoms with Gasteiger partial charge in [-0.15, -0.1) is 11.3 Å². The molecule has 0 saturated heterocycles. The van der Waals surface area contributed by atoms with Gasteiger partial charge in [-0.25, -0.2) is 9.97 Å². The summed E-state index contributed by atoms with van der Waals surface area (Å²) in [6, 6.07) is 16.3. The second kappa shape index (κ2) is 11.1. The van der Waals surface area contributed by atoms with E-state index in [1.807, 2.05) is 37.3 Å². The van der Waals surface area contributed by atoms with E-state index in [0.29, 0.717) is 17.3 Å². The van der Waals surface area contributed by atoms with Gasteiger partial charge in [0.25, 0.3) is 0 Å². The van der Waals surface area contributed by atoms with Crippen molar-refractivity contribution in [1.29, 1.82) is 0 Å². The van der Waals surface area contributed by atoms with Crippen molar-refractivity contribution in [3.63, 3.8) is 0 Å². The zero-order chi connectivity index (χ0) is 24.9. The first-order valence-corrected chi connectivity index (χ1v) is 12.8. The van der Waals surface area contributed by atoms with Gasteiger partial charge >= 0.3 is 0 Å². The van der Waals surface area contributed by atoms with Crippen molar-refractivity contribution < 1.29 is 14.6 Å². The molecule has 0 bridgehead atoms. The molecular weight excluding hydrogens is 458 g/mol. The van der Waals surface area contributed by atoms with Crippen molar-refractivity contribution in [2.24, 2.45) is 0 Å². The highest BCUT2D eigenvalue weighted by Crippen LogP contribution is 2.39. The third-order valence-corrected chi connectivity index (χ3v) is 7.44. The number of rotatable bonds is 10. The zero-order valence-corrected chi connectivity index (χ0v) is 21.8. The first-order chi connectivity index (χ1) is 16.9. The molecule has 0 saturated carbocycles. The predicted molar refractivity (Wildman–Crippen MR) is 144 cm³/mol. The van der Waals surface area contributed by atoms with Crippen molar-refractivity contribution in [3.8, 4) is 21.9 Å². The number of ether oxygens (including phenoxy) is 2. The highest BCUT2D eigenvalue weighted by Gasteiger charge is 2.18. The van der Waals surface area contributed by atoms with E-state index in [2.05, 4.69) is 47.3 Å². The minimum atomic E-state index is -0.449. The monoisotopic (exact) mass is 491 g/mol. The Morgan fingerprint density at radius 3 is 2.51 bits per heavy atom. The maximum atomic E-state index is 10.8. The van der Waals surface area contributed by atoms with Gasteiger partial charge in [-0.05, 0) is 49.6 Å². The van der Waals surface area contributed by atoms with Crippen LogP contribution in [-0.4, -0.2) is 29.3 Å². The van der Waals surface area contributed by atoms with E-state index < -0.39 is 6.10 Å². The summed E-state index contributed by atoms with van der Waals surface area (Å²) in [4.78, 5) is 11.6. The van der Waals surface area contributed by atoms with Crippen LogP contribution in [-0.2, 0) is 0 Å². The van der Waals surface area contributed by atoms with Crippen LogP contribution in [0.4, 0.5) is 5.82 Å². The van der Waals surface area contributed by atoms with Crippen molar-refractivity contribution in [1.82, 2.24) is 9.97 Å². The molecule has 6 nitrogen and oxygen atoms in total. The molecule has 7 heteroatoms. The van der Waals surface area contributed by atoms with Gasteiger partial charge in [0, 0.05) is 21.2 Å². The predicted octanol–water partition coefficient (Wildman–Crippen LogP) is 7.08. The lowest BCUT2D eigenvalue weighted by molar-refractivity contribution is 0.165. The number of benzene rings is 2. The number of nitrogens with zero attached hydrogens (tertiary/aromatic N) is 2. The number of nitrogens with one attached hydrogen (secondary N) is 1. The molecule has 0 spiro atoms. The van der Waals surface area contributed by atoms with E-state index in [-0.39, 0.29) is 6.04 Å². The lowest BCUT2D eigenvalue weighted by Crippen LogP contribution is -2.08. The number of hydrogen-bond donors (Lipinski definition) is 2. The van der Waals surface area contributed by atoms with Crippen molar-refractivity contribution in [2.75, 3.05) is 19.5 Å². The topological polar surface area (TPSA) is 76.5 Å². The summed E-state index contributed by atoms with van der Waals surface area (Å²) in [6.07, 6.45) is 2.41. The molecular formula is C28H33N3O3S. The van der Waals surface area contributed by atoms with Crippen LogP contribution in [0.5, 0.6) is 11.5 Å². The number of anilines is 1. The molecule has 184 valence electrons. The van der Waals surface area contributed by atoms with Crippen LogP contribution >= 0.6 is 11.3 Å². The summed E-state index contributed by atoms with van der Waals surface area (Å²) in [7, 11) is 3.24. The van der Waals surface area contributed by atoms with Gasteiger partial charge in [-0.3, -0.25) is 0 Å². The fourth-order valence-corrected chi connectivity index (χ4v) is 5.31. The van der Waals surface area contributed by atoms with Crippen LogP contribution in [0.1, 0.15) is 61.5 Å². The highest BCUT2D eigenvalue weighted by atomic mass is 32.1. The molecule has 2 atom stereocenters. The minimum Gasteiger partial charge on any atom is -0.493 e. The minimum absolute atomic E-state index is 0.0246. The van der Waals surface area contributed by atoms with Gasteiger partial charge in [0.2, 0.25) is 0 Å². The van der Waals surface area contributed by atoms with E-state index in [0.717, 1.165) is 52.0 Å². The molecule has 2 aromatic carbocycles. The first-order valence-electron chi connectivity index (χ1n) is 12.0. The van der Waals surface area contributed by atoms with Crippen LogP contribution in [0.15, 0.2) is 48.5 Å². The summed E-state index contributed by atoms with van der Waals surface area (Å²) in [6.45, 7) is 6.16. The van der Waals surface area contributed by atoms with Crippen LogP contribution in [0, 0.1) is 6.92 Å². The second-order valence-electron chi connectivity index (χ2n) is 8.66. The number of hydrogen-bond acceptors (Lipinski definition) is 7. The fraction of sp³-hybridized carbons (Fsp3) is 0.357. The average molecular weight is 492 g/mol. The third kappa shape index (κ3) is 5.41. The van der Waals surface area contributed by atoms with Gasteiger partial charge in [0.1, 0.15) is 11.6 Å². The number of aliphatic hydroxyl groups excluding tert-OH is 1. The van der Waals surface area contributed by atoms with E-state index in [9.17, 15) is 5.11 Å². The van der Waals surface area contributed by atoms with Gasteiger partial charge in [0.05, 0.1) is 31.9 Å². The Kier molecular flexibility index (Phi) is 7.88. The number of aromatic nitrogens is 2. The summed E-state index contributed by atoms with van der Waals surface area (Å²) in [5, 5.41) is 15.2. The highest BCUT2D eigenvalue weighted by molar-refractivity contribution is 7.15. The normalized spacial score (nSPS) is 13.0. The molecule has 2 N–H and O–H groups in total. The Balaban J connectivity index is 1.63. The van der Waals surface area contributed by atoms with Crippen LogP contribution in [0.25, 0.3) is 21.3 Å². The molecule has 35 heavy (non-hydrogen) atoms. The van der Waals surface area contributed by atoms with Gasteiger partial charge in [-0.1, -0.05) is 44.0 Å². The number of aryl methyl sites for hydroxylation is 1. The summed E-state index contributed by atoms with van der Waals surface area (Å²) < 4.78 is 10.9. The van der Waals surface area contributed by atoms with E-state index in [1.54, 1.807) is 25.6 Å². The molecule has 0 fully saturated rings. The number of fused-ring (bicyclic) bond motifs is 1. The maximum Gasteiger partial charge on any atom is 0.162 e. The standard InChI is InChI=1S/C28H33N3O3S/c1-6-7-12-23(32)19-10-8-9-11-20(19)27-14-13-26(35-27)17(2)29-28-21-15-24(33-4)25(34-5)16-22(21)30-18(3)31-28/h8-11,13-17,23,32H,6-7,12H2,1-5H3,(H,29,30,31).